The molecule has 0 aliphatic carbocycles. The van der Waals surface area contributed by atoms with Gasteiger partial charge in [-0.1, -0.05) is 0 Å². The Kier molecular flexibility index (Phi) is 1.78. The number of hydrogen-bond acceptors (Lipinski definition) is 0. The number of hydrogen-bond donors (Lipinski definition) is 0. The fourth-order valence-electron chi connectivity index (χ4n) is 0. The molecule has 0 aliphatic heterocycles. The van der Waals surface area contributed by atoms with Crippen molar-refractivity contribution in [2.45, 2.75) is 13.2 Å². The predicted molar refractivity (Wildman–Crippen MR) is 28.2 cm³/mol. The third-order valence-electron chi connectivity index (χ3n) is 1.09. The highest BCUT2D eigenvalue weighted by Gasteiger charge is 2.14. The second kappa shape index (κ2) is 1.80. The molecule has 0 aromatic rings. The van der Waals surface area contributed by atoms with E-state index in [9.17, 15) is 5.11 Å². The smallest absolute Gasteiger partial charge is 0.221 e. The molecule has 1 atom stereocenters. The van der Waals surface area contributed by atoms with Crippen LogP contribution in [0.4, 0.5) is 0 Å². The number of nitrogens with zero attached hydrogens (tertiary/aromatic N) is 1. The van der Waals surface area contributed by atoms with Crippen LogP contribution in [0, 0.1) is 0 Å². The van der Waals surface area contributed by atoms with Crippen LogP contribution < -0.4 is 0 Å². The Balaban J connectivity index is 3.54. The predicted octanol–water partition coefficient (Wildman–Crippen LogP) is 0.469. The quantitative estimate of drug-likeness (QED) is 0.339. The van der Waals surface area contributed by atoms with Crippen molar-refractivity contribution in [1.29, 1.82) is 0 Å². The molecule has 0 spiro atoms. The first-order valence-electron chi connectivity index (χ1n) is 2.41. The van der Waals surface area contributed by atoms with E-state index >= 15 is 0 Å². The fourth-order valence-corrected chi connectivity index (χ4v) is 0. The van der Waals surface area contributed by atoms with Gasteiger partial charge in [0.2, 0.25) is 6.23 Å². The van der Waals surface area contributed by atoms with Crippen LogP contribution in [-0.4, -0.2) is 31.9 Å². The monoisotopic (exact) mass is 103 g/mol. The summed E-state index contributed by atoms with van der Waals surface area (Å²) < 4.78 is 0.500. The molecular weight excluding hydrogens is 90.1 g/mol. The fraction of sp³-hybridized carbons (Fsp3) is 1.00. The van der Waals surface area contributed by atoms with E-state index in [1.54, 1.807) is 6.92 Å². The lowest BCUT2D eigenvalue weighted by Gasteiger charge is -2.25. The van der Waals surface area contributed by atoms with Crippen LogP contribution in [0.15, 0.2) is 0 Å². The number of quaternary nitrogens is 1. The van der Waals surface area contributed by atoms with E-state index in [0.29, 0.717) is 4.48 Å². The van der Waals surface area contributed by atoms with Crippen molar-refractivity contribution in [3.63, 3.8) is 0 Å². The third-order valence-corrected chi connectivity index (χ3v) is 1.09. The highest BCUT2D eigenvalue weighted by Crippen LogP contribution is 1.95. The standard InChI is InChI=1S/C5H13NO/c1-5(7)6(2,3)4/h5H,1-4H3/q+1. The molecule has 0 N–H and O–H groups in total. The molecule has 7 heavy (non-hydrogen) atoms. The lowest BCUT2D eigenvalue weighted by molar-refractivity contribution is -0.920. The molecule has 2 heteroatoms. The molecule has 1 radical (unpaired) electrons. The van der Waals surface area contributed by atoms with Gasteiger partial charge < -0.3 is 4.48 Å². The normalized spacial score (nSPS) is 16.7. The summed E-state index contributed by atoms with van der Waals surface area (Å²) in [5, 5.41) is 10.5. The Morgan fingerprint density at radius 3 is 1.43 bits per heavy atom. The van der Waals surface area contributed by atoms with E-state index in [1.165, 1.54) is 0 Å². The lowest BCUT2D eigenvalue weighted by Crippen LogP contribution is -2.42. The minimum atomic E-state index is -0.514. The molecule has 0 saturated heterocycles. The Morgan fingerprint density at radius 1 is 1.29 bits per heavy atom. The van der Waals surface area contributed by atoms with E-state index in [-0.39, 0.29) is 0 Å². The van der Waals surface area contributed by atoms with Crippen LogP contribution in [0.1, 0.15) is 6.92 Å². The molecule has 0 bridgehead atoms. The van der Waals surface area contributed by atoms with E-state index < -0.39 is 6.23 Å². The Hall–Kier alpha value is -0.0800. The molecule has 0 saturated carbocycles. The molecule has 0 aromatic carbocycles. The molecule has 0 rings (SSSR count). The van der Waals surface area contributed by atoms with Gasteiger partial charge in [0.15, 0.2) is 0 Å². The van der Waals surface area contributed by atoms with Crippen molar-refractivity contribution in [3.8, 4) is 0 Å². The Bertz CT molecular complexity index is 53.6. The zero-order chi connectivity index (χ0) is 6.08. The molecule has 0 heterocycles. The van der Waals surface area contributed by atoms with E-state index in [0.717, 1.165) is 0 Å². The van der Waals surface area contributed by atoms with Crippen LogP contribution >= 0.6 is 0 Å². The summed E-state index contributed by atoms with van der Waals surface area (Å²) in [6, 6.07) is 0. The molecule has 1 unspecified atom stereocenters. The second-order valence-corrected chi connectivity index (χ2v) is 2.72. The molecular formula is C5H13NO+. The molecule has 0 fully saturated rings. The average molecular weight is 103 g/mol. The highest BCUT2D eigenvalue weighted by molar-refractivity contribution is 4.18. The van der Waals surface area contributed by atoms with Gasteiger partial charge in [-0.25, -0.2) is 0 Å². The van der Waals surface area contributed by atoms with Gasteiger partial charge in [-0.3, -0.25) is 0 Å². The summed E-state index contributed by atoms with van der Waals surface area (Å²) in [6.45, 7) is 1.67. The molecule has 0 amide bonds. The number of rotatable bonds is 1. The summed E-state index contributed by atoms with van der Waals surface area (Å²) in [5.41, 5.74) is 0. The maximum Gasteiger partial charge on any atom is 0.221 e. The van der Waals surface area contributed by atoms with Crippen molar-refractivity contribution >= 4 is 0 Å². The van der Waals surface area contributed by atoms with Crippen molar-refractivity contribution in [2.24, 2.45) is 0 Å². The summed E-state index contributed by atoms with van der Waals surface area (Å²) in [7, 11) is 5.66. The van der Waals surface area contributed by atoms with Gasteiger partial charge in [0.05, 0.1) is 21.1 Å². The summed E-state index contributed by atoms with van der Waals surface area (Å²) in [4.78, 5) is 0. The molecule has 0 aromatic heterocycles. The first-order chi connectivity index (χ1) is 2.94. The van der Waals surface area contributed by atoms with Crippen LogP contribution in [-0.2, 0) is 5.11 Å². The second-order valence-electron chi connectivity index (χ2n) is 2.72. The minimum Gasteiger partial charge on any atom is -0.304 e. The topological polar surface area (TPSA) is 19.9 Å². The van der Waals surface area contributed by atoms with Crippen LogP contribution in [0.3, 0.4) is 0 Å². The molecule has 0 aliphatic rings. The average Bonchev–Trinajstić information content (AvgIpc) is 1.31. The zero-order valence-electron chi connectivity index (χ0n) is 5.43. The van der Waals surface area contributed by atoms with Crippen LogP contribution in [0.5, 0.6) is 0 Å². The van der Waals surface area contributed by atoms with E-state index in [1.807, 2.05) is 21.1 Å². The summed E-state index contributed by atoms with van der Waals surface area (Å²) >= 11 is 0. The van der Waals surface area contributed by atoms with Gasteiger partial charge in [0, 0.05) is 6.92 Å². The highest BCUT2D eigenvalue weighted by atomic mass is 16.3. The maximum absolute atomic E-state index is 10.5. The zero-order valence-corrected chi connectivity index (χ0v) is 5.43. The Labute approximate surface area is 45.0 Å². The van der Waals surface area contributed by atoms with Gasteiger partial charge in [0.1, 0.15) is 0 Å². The summed E-state index contributed by atoms with van der Waals surface area (Å²) in [5.74, 6) is 0. The first-order valence-corrected chi connectivity index (χ1v) is 2.41. The third kappa shape index (κ3) is 2.60. The van der Waals surface area contributed by atoms with Gasteiger partial charge in [-0.2, -0.15) is 5.11 Å². The van der Waals surface area contributed by atoms with Crippen LogP contribution in [0.25, 0.3) is 0 Å². The van der Waals surface area contributed by atoms with E-state index in [4.69, 9.17) is 0 Å². The summed E-state index contributed by atoms with van der Waals surface area (Å²) in [6.07, 6.45) is -0.514. The Morgan fingerprint density at radius 2 is 1.43 bits per heavy atom. The van der Waals surface area contributed by atoms with Gasteiger partial charge in [0.25, 0.3) is 0 Å². The van der Waals surface area contributed by atoms with Gasteiger partial charge in [-0.15, -0.1) is 0 Å². The molecule has 2 nitrogen and oxygen atoms in total. The van der Waals surface area contributed by atoms with Crippen molar-refractivity contribution in [2.75, 3.05) is 21.1 Å². The largest absolute Gasteiger partial charge is 0.304 e. The van der Waals surface area contributed by atoms with Crippen LogP contribution in [0.2, 0.25) is 0 Å². The van der Waals surface area contributed by atoms with Gasteiger partial charge in [-0.05, 0) is 0 Å². The van der Waals surface area contributed by atoms with Crippen molar-refractivity contribution in [3.05, 3.63) is 0 Å². The SMILES string of the molecule is CC([O])[N+](C)(C)C. The maximum atomic E-state index is 10.5. The molecule has 43 valence electrons. The minimum absolute atomic E-state index is 0.500. The first kappa shape index (κ1) is 6.92. The van der Waals surface area contributed by atoms with E-state index in [2.05, 4.69) is 0 Å². The van der Waals surface area contributed by atoms with Crippen molar-refractivity contribution in [1.82, 2.24) is 0 Å². The van der Waals surface area contributed by atoms with Crippen molar-refractivity contribution < 1.29 is 9.59 Å². The van der Waals surface area contributed by atoms with Gasteiger partial charge >= 0.3 is 0 Å². The lowest BCUT2D eigenvalue weighted by atomic mass is 10.5.